The van der Waals surface area contributed by atoms with Crippen LogP contribution in [0.5, 0.6) is 0 Å². The largest absolute Gasteiger partial charge is 0.466 e. The van der Waals surface area contributed by atoms with E-state index < -0.39 is 11.9 Å². The number of hydrogen-bond donors (Lipinski definition) is 1. The van der Waals surface area contributed by atoms with Crippen LogP contribution in [0.25, 0.3) is 21.8 Å². The maximum Gasteiger partial charge on any atom is 0.336 e. The summed E-state index contributed by atoms with van der Waals surface area (Å²) in [6.45, 7) is 4.96. The molecule has 1 aliphatic heterocycles. The van der Waals surface area contributed by atoms with Gasteiger partial charge in [-0.25, -0.2) is 4.79 Å². The summed E-state index contributed by atoms with van der Waals surface area (Å²) in [7, 11) is 1.35. The Bertz CT molecular complexity index is 1570. The number of nitriles is 1. The van der Waals surface area contributed by atoms with Crippen LogP contribution in [0.4, 0.5) is 5.69 Å². The molecule has 2 heterocycles. The molecule has 174 valence electrons. The number of aryl methyl sites for hydroxylation is 2. The highest BCUT2D eigenvalue weighted by Gasteiger charge is 2.35. The first-order chi connectivity index (χ1) is 17.0. The second-order valence-electron chi connectivity index (χ2n) is 8.66. The molecule has 1 aliphatic rings. The first-order valence-corrected chi connectivity index (χ1v) is 11.5. The summed E-state index contributed by atoms with van der Waals surface area (Å²) in [6.07, 6.45) is 1.70. The zero-order valence-electron chi connectivity index (χ0n) is 19.9. The number of carbonyl (C=O) groups is 1. The van der Waals surface area contributed by atoms with Crippen LogP contribution in [0.1, 0.15) is 24.0 Å². The molecular weight excluding hydrogens is 436 g/mol. The fraction of sp³-hybridized carbons (Fsp3) is 0.172. The standard InChI is InChI=1S/C29H26N4O2/c1-4-32-25-8-6-5-7-21(25)22-15-20(13-14-26(22)32)33-17-24(29(34)35-3)27(23(16-30)28(33)31)19-11-9-18(2)10-12-19/h5-15,17,27H,4,31H2,1-3H3. The third-order valence-corrected chi connectivity index (χ3v) is 6.71. The number of carbonyl (C=O) groups excluding carboxylic acids is 1. The number of nitrogens with zero attached hydrogens (tertiary/aromatic N) is 3. The van der Waals surface area contributed by atoms with E-state index >= 15 is 0 Å². The van der Waals surface area contributed by atoms with Crippen LogP contribution in [0.15, 0.2) is 89.9 Å². The number of ether oxygens (including phenoxy) is 1. The molecule has 35 heavy (non-hydrogen) atoms. The second-order valence-corrected chi connectivity index (χ2v) is 8.66. The molecule has 1 aromatic heterocycles. The Labute approximate surface area is 204 Å². The van der Waals surface area contributed by atoms with Crippen molar-refractivity contribution in [2.45, 2.75) is 26.3 Å². The van der Waals surface area contributed by atoms with E-state index in [0.717, 1.165) is 45.2 Å². The van der Waals surface area contributed by atoms with Gasteiger partial charge in [0.2, 0.25) is 0 Å². The van der Waals surface area contributed by atoms with E-state index in [2.05, 4.69) is 41.8 Å². The molecule has 0 aliphatic carbocycles. The van der Waals surface area contributed by atoms with Crippen molar-refractivity contribution in [2.75, 3.05) is 12.0 Å². The van der Waals surface area contributed by atoms with Gasteiger partial charge in [-0.15, -0.1) is 0 Å². The number of anilines is 1. The Morgan fingerprint density at radius 1 is 1.06 bits per heavy atom. The lowest BCUT2D eigenvalue weighted by Gasteiger charge is -2.32. The van der Waals surface area contributed by atoms with Gasteiger partial charge < -0.3 is 19.9 Å². The minimum atomic E-state index is -0.602. The molecule has 0 saturated carbocycles. The van der Waals surface area contributed by atoms with Gasteiger partial charge >= 0.3 is 5.97 Å². The van der Waals surface area contributed by atoms with Gasteiger partial charge in [-0.05, 0) is 43.7 Å². The van der Waals surface area contributed by atoms with Crippen LogP contribution < -0.4 is 10.6 Å². The van der Waals surface area contributed by atoms with E-state index in [1.807, 2.05) is 49.4 Å². The Kier molecular flexibility index (Phi) is 5.54. The van der Waals surface area contributed by atoms with Gasteiger partial charge in [0.25, 0.3) is 0 Å². The van der Waals surface area contributed by atoms with E-state index in [-0.39, 0.29) is 0 Å². The number of methoxy groups -OCH3 is 1. The monoisotopic (exact) mass is 462 g/mol. The van der Waals surface area contributed by atoms with E-state index in [4.69, 9.17) is 10.5 Å². The minimum absolute atomic E-state index is 0.296. The summed E-state index contributed by atoms with van der Waals surface area (Å²) in [5.41, 5.74) is 12.2. The number of fused-ring (bicyclic) bond motifs is 3. The van der Waals surface area contributed by atoms with Gasteiger partial charge in [0.1, 0.15) is 5.82 Å². The molecule has 6 heteroatoms. The van der Waals surface area contributed by atoms with Crippen LogP contribution in [0.3, 0.4) is 0 Å². The van der Waals surface area contributed by atoms with Crippen molar-refractivity contribution in [1.29, 1.82) is 5.26 Å². The van der Waals surface area contributed by atoms with Crippen molar-refractivity contribution in [2.24, 2.45) is 5.73 Å². The average Bonchev–Trinajstić information content (AvgIpc) is 3.21. The van der Waals surface area contributed by atoms with Crippen LogP contribution in [0.2, 0.25) is 0 Å². The van der Waals surface area contributed by atoms with Gasteiger partial charge in [-0.2, -0.15) is 5.26 Å². The number of nitrogens with two attached hydrogens (primary N) is 1. The lowest BCUT2D eigenvalue weighted by molar-refractivity contribution is -0.136. The van der Waals surface area contributed by atoms with Crippen molar-refractivity contribution in [3.8, 4) is 6.07 Å². The lowest BCUT2D eigenvalue weighted by Crippen LogP contribution is -2.33. The summed E-state index contributed by atoms with van der Waals surface area (Å²) >= 11 is 0. The summed E-state index contributed by atoms with van der Waals surface area (Å²) in [5, 5.41) is 12.4. The third kappa shape index (κ3) is 3.53. The predicted octanol–water partition coefficient (Wildman–Crippen LogP) is 5.48. The topological polar surface area (TPSA) is 84.3 Å². The van der Waals surface area contributed by atoms with Gasteiger partial charge in [-0.3, -0.25) is 0 Å². The Morgan fingerprint density at radius 2 is 1.77 bits per heavy atom. The molecule has 0 fully saturated rings. The lowest BCUT2D eigenvalue weighted by atomic mass is 9.83. The smallest absolute Gasteiger partial charge is 0.336 e. The molecule has 4 aromatic rings. The van der Waals surface area contributed by atoms with Crippen LogP contribution >= 0.6 is 0 Å². The molecule has 6 nitrogen and oxygen atoms in total. The van der Waals surface area contributed by atoms with Crippen molar-refractivity contribution in [3.05, 3.63) is 101 Å². The van der Waals surface area contributed by atoms with Crippen LogP contribution in [-0.4, -0.2) is 17.6 Å². The second kappa shape index (κ2) is 8.69. The first-order valence-electron chi connectivity index (χ1n) is 11.5. The van der Waals surface area contributed by atoms with E-state index in [1.165, 1.54) is 7.11 Å². The molecule has 0 spiro atoms. The molecule has 1 atom stereocenters. The van der Waals surface area contributed by atoms with E-state index in [0.29, 0.717) is 17.0 Å². The maximum atomic E-state index is 12.9. The third-order valence-electron chi connectivity index (χ3n) is 6.71. The molecule has 0 saturated heterocycles. The highest BCUT2D eigenvalue weighted by Crippen LogP contribution is 2.40. The van der Waals surface area contributed by atoms with Crippen molar-refractivity contribution in [1.82, 2.24) is 4.57 Å². The molecule has 1 unspecified atom stereocenters. The van der Waals surface area contributed by atoms with Crippen molar-refractivity contribution in [3.63, 3.8) is 0 Å². The van der Waals surface area contributed by atoms with E-state index in [1.54, 1.807) is 11.1 Å². The van der Waals surface area contributed by atoms with Gasteiger partial charge in [0, 0.05) is 40.2 Å². The zero-order chi connectivity index (χ0) is 24.7. The normalized spacial score (nSPS) is 15.9. The highest BCUT2D eigenvalue weighted by atomic mass is 16.5. The summed E-state index contributed by atoms with van der Waals surface area (Å²) in [6, 6.07) is 24.4. The summed E-state index contributed by atoms with van der Waals surface area (Å²) in [5.74, 6) is -0.802. The number of benzene rings is 3. The number of esters is 1. The number of rotatable bonds is 4. The SMILES string of the molecule is CCn1c2ccccc2c2cc(N3C=C(C(=O)OC)C(c4ccc(C)cc4)C(C#N)=C3N)ccc21. The maximum absolute atomic E-state index is 12.9. The Balaban J connectivity index is 1.71. The summed E-state index contributed by atoms with van der Waals surface area (Å²) in [4.78, 5) is 14.6. The predicted molar refractivity (Wildman–Crippen MR) is 138 cm³/mol. The van der Waals surface area contributed by atoms with Crippen LogP contribution in [-0.2, 0) is 16.1 Å². The molecular formula is C29H26N4O2. The Morgan fingerprint density at radius 3 is 2.46 bits per heavy atom. The average molecular weight is 463 g/mol. The molecule has 0 bridgehead atoms. The van der Waals surface area contributed by atoms with Gasteiger partial charge in [0.05, 0.1) is 30.2 Å². The number of allylic oxidation sites excluding steroid dienone is 1. The quantitative estimate of drug-likeness (QED) is 0.406. The molecule has 5 rings (SSSR count). The zero-order valence-corrected chi connectivity index (χ0v) is 19.9. The fourth-order valence-electron chi connectivity index (χ4n) is 4.98. The summed E-state index contributed by atoms with van der Waals surface area (Å²) < 4.78 is 7.38. The van der Waals surface area contributed by atoms with Gasteiger partial charge in [0.15, 0.2) is 0 Å². The molecule has 0 radical (unpaired) electrons. The first kappa shape index (κ1) is 22.3. The Hall–Kier alpha value is -4.50. The number of aromatic nitrogens is 1. The number of para-hydroxylation sites is 1. The molecule has 2 N–H and O–H groups in total. The van der Waals surface area contributed by atoms with Crippen molar-refractivity contribution >= 4 is 33.5 Å². The fourth-order valence-corrected chi connectivity index (χ4v) is 4.98. The molecule has 0 amide bonds. The number of hydrogen-bond acceptors (Lipinski definition) is 5. The molecule has 3 aromatic carbocycles. The van der Waals surface area contributed by atoms with Gasteiger partial charge in [-0.1, -0.05) is 48.0 Å². The van der Waals surface area contributed by atoms with E-state index in [9.17, 15) is 10.1 Å². The van der Waals surface area contributed by atoms with Crippen LogP contribution in [0, 0.1) is 18.3 Å². The van der Waals surface area contributed by atoms with Crippen molar-refractivity contribution < 1.29 is 9.53 Å². The highest BCUT2D eigenvalue weighted by molar-refractivity contribution is 6.09. The minimum Gasteiger partial charge on any atom is -0.466 e.